The van der Waals surface area contributed by atoms with Gasteiger partial charge < -0.3 is 9.47 Å². The van der Waals surface area contributed by atoms with Gasteiger partial charge >= 0.3 is 0 Å². The van der Waals surface area contributed by atoms with Crippen LogP contribution in [-0.2, 0) is 24.5 Å². The Morgan fingerprint density at radius 2 is 2.00 bits per heavy atom. The Hall–Kier alpha value is -1.14. The van der Waals surface area contributed by atoms with E-state index in [-0.39, 0.29) is 12.2 Å². The third-order valence-electron chi connectivity index (χ3n) is 4.59. The lowest BCUT2D eigenvalue weighted by molar-refractivity contribution is -0.204. The van der Waals surface area contributed by atoms with E-state index in [1.54, 1.807) is 0 Å². The minimum atomic E-state index is -0.717. The molecule has 0 bridgehead atoms. The zero-order chi connectivity index (χ0) is 16.1. The van der Waals surface area contributed by atoms with Crippen molar-refractivity contribution >= 4 is 17.5 Å². The summed E-state index contributed by atoms with van der Waals surface area (Å²) in [5, 5.41) is 0.596. The zero-order valence-electron chi connectivity index (χ0n) is 13.1. The van der Waals surface area contributed by atoms with E-state index in [1.165, 1.54) is 0 Å². The molecule has 1 amide bonds. The van der Waals surface area contributed by atoms with Crippen LogP contribution in [-0.4, -0.2) is 32.0 Å². The van der Waals surface area contributed by atoms with Crippen molar-refractivity contribution in [1.82, 2.24) is 5.48 Å². The average molecular weight is 340 g/mol. The zero-order valence-corrected chi connectivity index (χ0v) is 13.8. The van der Waals surface area contributed by atoms with Crippen LogP contribution in [0.4, 0.5) is 0 Å². The quantitative estimate of drug-likeness (QED) is 0.857. The number of carbonyl (C=O) groups is 1. The number of rotatable bonds is 4. The van der Waals surface area contributed by atoms with Gasteiger partial charge in [-0.05, 0) is 37.3 Å². The van der Waals surface area contributed by atoms with Crippen molar-refractivity contribution in [1.29, 1.82) is 0 Å². The van der Waals surface area contributed by atoms with Crippen LogP contribution in [0.15, 0.2) is 24.3 Å². The first-order chi connectivity index (χ1) is 11.2. The van der Waals surface area contributed by atoms with Crippen LogP contribution < -0.4 is 5.48 Å². The molecule has 1 unspecified atom stereocenters. The second-order valence-corrected chi connectivity index (χ2v) is 6.43. The van der Waals surface area contributed by atoms with Gasteiger partial charge in [0.05, 0.1) is 5.41 Å². The molecule has 126 valence electrons. The summed E-state index contributed by atoms with van der Waals surface area (Å²) in [5.41, 5.74) is 2.72. The summed E-state index contributed by atoms with van der Waals surface area (Å²) in [5.74, 6) is -0.178. The molecule has 2 aliphatic heterocycles. The van der Waals surface area contributed by atoms with E-state index in [1.807, 2.05) is 24.3 Å². The maximum atomic E-state index is 12.9. The molecule has 0 spiro atoms. The Balaban J connectivity index is 1.75. The molecule has 0 saturated carbocycles. The number of ether oxygens (including phenoxy) is 2. The van der Waals surface area contributed by atoms with E-state index >= 15 is 0 Å². The Kier molecular flexibility index (Phi) is 5.54. The molecule has 1 atom stereocenters. The number of benzene rings is 1. The molecule has 5 nitrogen and oxygen atoms in total. The smallest absolute Gasteiger partial charge is 0.254 e. The molecule has 2 fully saturated rings. The number of hydrogen-bond acceptors (Lipinski definition) is 4. The topological polar surface area (TPSA) is 56.8 Å². The summed E-state index contributed by atoms with van der Waals surface area (Å²) in [7, 11) is 0. The second-order valence-electron chi connectivity index (χ2n) is 6.02. The van der Waals surface area contributed by atoms with E-state index in [0.29, 0.717) is 37.7 Å². The summed E-state index contributed by atoms with van der Waals surface area (Å²) in [4.78, 5) is 18.4. The van der Waals surface area contributed by atoms with Crippen molar-refractivity contribution in [3.8, 4) is 0 Å². The molecule has 3 rings (SSSR count). The van der Waals surface area contributed by atoms with Crippen molar-refractivity contribution in [3.05, 3.63) is 34.9 Å². The Morgan fingerprint density at radius 1 is 1.22 bits per heavy atom. The summed E-state index contributed by atoms with van der Waals surface area (Å²) in [6.45, 7) is 1.72. The molecule has 0 aromatic heterocycles. The van der Waals surface area contributed by atoms with Crippen LogP contribution in [0.1, 0.15) is 37.7 Å². The number of hydroxylamine groups is 1. The number of amides is 1. The maximum Gasteiger partial charge on any atom is 0.254 e. The van der Waals surface area contributed by atoms with Crippen molar-refractivity contribution in [2.45, 2.75) is 43.8 Å². The number of halogens is 1. The van der Waals surface area contributed by atoms with E-state index in [0.717, 1.165) is 24.8 Å². The van der Waals surface area contributed by atoms with Gasteiger partial charge in [0.25, 0.3) is 5.91 Å². The van der Waals surface area contributed by atoms with Crippen molar-refractivity contribution < 1.29 is 19.1 Å². The lowest BCUT2D eigenvalue weighted by Crippen LogP contribution is -2.49. The Bertz CT molecular complexity index is 539. The maximum absolute atomic E-state index is 12.9. The van der Waals surface area contributed by atoms with Crippen LogP contribution in [0.25, 0.3) is 0 Å². The standard InChI is InChI=1S/C17H22ClNO4/c18-14-6-2-1-5-13(14)17(8-11-21-12-9-17)16(20)19-23-15-7-3-4-10-22-15/h1-2,5-6,15H,3-4,7-12H2,(H,19,20). The number of carbonyl (C=O) groups excluding carboxylic acids is 1. The average Bonchev–Trinajstić information content (AvgIpc) is 2.61. The van der Waals surface area contributed by atoms with Crippen LogP contribution >= 0.6 is 11.6 Å². The van der Waals surface area contributed by atoms with E-state index in [9.17, 15) is 4.79 Å². The van der Waals surface area contributed by atoms with E-state index in [4.69, 9.17) is 25.9 Å². The fraction of sp³-hybridized carbons (Fsp3) is 0.588. The fourth-order valence-electron chi connectivity index (χ4n) is 3.21. The van der Waals surface area contributed by atoms with Crippen molar-refractivity contribution in [2.75, 3.05) is 19.8 Å². The minimum absolute atomic E-state index is 0.178. The first kappa shape index (κ1) is 16.7. The highest BCUT2D eigenvalue weighted by atomic mass is 35.5. The van der Waals surface area contributed by atoms with Crippen molar-refractivity contribution in [2.24, 2.45) is 0 Å². The van der Waals surface area contributed by atoms with Crippen LogP contribution in [0.5, 0.6) is 0 Å². The molecule has 23 heavy (non-hydrogen) atoms. The molecule has 6 heteroatoms. The summed E-state index contributed by atoms with van der Waals surface area (Å²) >= 11 is 6.35. The molecule has 1 aromatic rings. The predicted molar refractivity (Wildman–Crippen MR) is 86.0 cm³/mol. The molecule has 2 aliphatic rings. The number of nitrogens with one attached hydrogen (secondary N) is 1. The van der Waals surface area contributed by atoms with Crippen molar-refractivity contribution in [3.63, 3.8) is 0 Å². The van der Waals surface area contributed by atoms with Gasteiger partial charge in [0.1, 0.15) is 0 Å². The van der Waals surface area contributed by atoms with Gasteiger partial charge in [0, 0.05) is 31.3 Å². The van der Waals surface area contributed by atoms with Gasteiger partial charge in [-0.3, -0.25) is 4.79 Å². The van der Waals surface area contributed by atoms with Gasteiger partial charge in [0.15, 0.2) is 6.29 Å². The Labute approximate surface area is 141 Å². The van der Waals surface area contributed by atoms with E-state index < -0.39 is 5.41 Å². The third-order valence-corrected chi connectivity index (χ3v) is 4.92. The largest absolute Gasteiger partial charge is 0.381 e. The summed E-state index contributed by atoms with van der Waals surface area (Å²) < 4.78 is 10.9. The highest BCUT2D eigenvalue weighted by Gasteiger charge is 2.43. The number of hydrogen-bond donors (Lipinski definition) is 1. The molecule has 2 heterocycles. The van der Waals surface area contributed by atoms with Crippen LogP contribution in [0.2, 0.25) is 5.02 Å². The Morgan fingerprint density at radius 3 is 2.70 bits per heavy atom. The summed E-state index contributed by atoms with van der Waals surface area (Å²) in [6.07, 6.45) is 3.67. The SMILES string of the molecule is O=C(NOC1CCCCO1)C1(c2ccccc2Cl)CCOCC1. The molecule has 1 N–H and O–H groups in total. The van der Waals surface area contributed by atoms with Gasteiger partial charge in [0.2, 0.25) is 0 Å². The molecular weight excluding hydrogens is 318 g/mol. The molecule has 0 aliphatic carbocycles. The van der Waals surface area contributed by atoms with Gasteiger partial charge in [-0.2, -0.15) is 0 Å². The monoisotopic (exact) mass is 339 g/mol. The van der Waals surface area contributed by atoms with Crippen LogP contribution in [0, 0.1) is 0 Å². The predicted octanol–water partition coefficient (Wildman–Crippen LogP) is 2.96. The normalized spacial score (nSPS) is 24.1. The highest BCUT2D eigenvalue weighted by molar-refractivity contribution is 6.31. The lowest BCUT2D eigenvalue weighted by atomic mass is 9.73. The fourth-order valence-corrected chi connectivity index (χ4v) is 3.53. The molecule has 1 aromatic carbocycles. The van der Waals surface area contributed by atoms with Gasteiger partial charge in [-0.15, -0.1) is 0 Å². The third kappa shape index (κ3) is 3.69. The van der Waals surface area contributed by atoms with E-state index in [2.05, 4.69) is 5.48 Å². The van der Waals surface area contributed by atoms with Gasteiger partial charge in [-0.1, -0.05) is 29.8 Å². The first-order valence-electron chi connectivity index (χ1n) is 8.13. The molecule has 2 saturated heterocycles. The van der Waals surface area contributed by atoms with Gasteiger partial charge in [-0.25, -0.2) is 10.3 Å². The van der Waals surface area contributed by atoms with Crippen LogP contribution in [0.3, 0.4) is 0 Å². The minimum Gasteiger partial charge on any atom is -0.381 e. The second kappa shape index (κ2) is 7.62. The first-order valence-corrected chi connectivity index (χ1v) is 8.51. The lowest BCUT2D eigenvalue weighted by Gasteiger charge is -2.37. The molecule has 0 radical (unpaired) electrons. The summed E-state index contributed by atoms with van der Waals surface area (Å²) in [6, 6.07) is 7.48. The highest BCUT2D eigenvalue weighted by Crippen LogP contribution is 2.39. The molecular formula is C17H22ClNO4.